The third kappa shape index (κ3) is 2.02. The number of imide groups is 1. The highest BCUT2D eigenvalue weighted by Crippen LogP contribution is 2.34. The number of amides is 3. The van der Waals surface area contributed by atoms with Crippen LogP contribution in [0.25, 0.3) is 0 Å². The Bertz CT molecular complexity index is 501. The summed E-state index contributed by atoms with van der Waals surface area (Å²) >= 11 is 0. The Morgan fingerprint density at radius 1 is 1.50 bits per heavy atom. The second-order valence-corrected chi connectivity index (χ2v) is 4.11. The van der Waals surface area contributed by atoms with Crippen LogP contribution < -0.4 is 21.1 Å². The molecule has 6 heteroatoms. The van der Waals surface area contributed by atoms with E-state index < -0.39 is 18.0 Å². The fourth-order valence-corrected chi connectivity index (χ4v) is 1.93. The van der Waals surface area contributed by atoms with Crippen molar-refractivity contribution in [2.75, 3.05) is 11.4 Å². The summed E-state index contributed by atoms with van der Waals surface area (Å²) in [6.07, 6.45) is -0.0609. The molecule has 0 aromatic heterocycles. The third-order valence-electron chi connectivity index (χ3n) is 2.79. The lowest BCUT2D eigenvalue weighted by molar-refractivity contribution is -0.124. The largest absolute Gasteiger partial charge is 0.479 e. The number of urea groups is 1. The van der Waals surface area contributed by atoms with Crippen molar-refractivity contribution in [2.45, 2.75) is 19.4 Å². The smallest absolute Gasteiger partial charge is 0.326 e. The quantitative estimate of drug-likeness (QED) is 0.791. The Balaban J connectivity index is 2.48. The van der Waals surface area contributed by atoms with Crippen LogP contribution in [0.2, 0.25) is 0 Å². The van der Waals surface area contributed by atoms with Crippen molar-refractivity contribution in [3.63, 3.8) is 0 Å². The summed E-state index contributed by atoms with van der Waals surface area (Å²) in [7, 11) is 0. The maximum Gasteiger partial charge on any atom is 0.326 e. The zero-order valence-corrected chi connectivity index (χ0v) is 10.1. The maximum absolute atomic E-state index is 11.9. The molecule has 0 saturated heterocycles. The standard InChI is InChI=1S/C12H15N3O3/c1-7-11(16)15(12(14)17)9-6-8(4-5-13)2-3-10(9)18-7/h2-3,6-7H,4-5,13H2,1H3,(H2,14,17). The number of hydrogen-bond acceptors (Lipinski definition) is 4. The fraction of sp³-hybridized carbons (Fsp3) is 0.333. The van der Waals surface area contributed by atoms with Gasteiger partial charge in [-0.25, -0.2) is 9.69 Å². The number of nitrogens with zero attached hydrogens (tertiary/aromatic N) is 1. The predicted octanol–water partition coefficient (Wildman–Crippen LogP) is 0.380. The summed E-state index contributed by atoms with van der Waals surface area (Å²) in [6.45, 7) is 2.07. The van der Waals surface area contributed by atoms with Crippen LogP contribution in [-0.2, 0) is 11.2 Å². The molecule has 18 heavy (non-hydrogen) atoms. The van der Waals surface area contributed by atoms with Gasteiger partial charge in [0.25, 0.3) is 5.91 Å². The van der Waals surface area contributed by atoms with Crippen molar-refractivity contribution >= 4 is 17.6 Å². The van der Waals surface area contributed by atoms with Crippen LogP contribution in [0.1, 0.15) is 12.5 Å². The molecule has 0 bridgehead atoms. The average Bonchev–Trinajstić information content (AvgIpc) is 2.31. The first kappa shape index (κ1) is 12.4. The van der Waals surface area contributed by atoms with Gasteiger partial charge >= 0.3 is 6.03 Å². The second kappa shape index (κ2) is 4.66. The van der Waals surface area contributed by atoms with E-state index in [1.54, 1.807) is 19.1 Å². The van der Waals surface area contributed by atoms with Crippen molar-refractivity contribution in [2.24, 2.45) is 11.5 Å². The van der Waals surface area contributed by atoms with Crippen molar-refractivity contribution in [1.82, 2.24) is 0 Å². The van der Waals surface area contributed by atoms with Crippen LogP contribution in [0.15, 0.2) is 18.2 Å². The lowest BCUT2D eigenvalue weighted by atomic mass is 10.1. The minimum Gasteiger partial charge on any atom is -0.479 e. The van der Waals surface area contributed by atoms with Crippen LogP contribution in [0.5, 0.6) is 5.75 Å². The van der Waals surface area contributed by atoms with Gasteiger partial charge in [-0.15, -0.1) is 0 Å². The summed E-state index contributed by atoms with van der Waals surface area (Å²) in [6, 6.07) is 4.48. The fourth-order valence-electron chi connectivity index (χ4n) is 1.93. The zero-order valence-electron chi connectivity index (χ0n) is 10.1. The van der Waals surface area contributed by atoms with E-state index in [0.717, 1.165) is 10.5 Å². The molecule has 0 spiro atoms. The van der Waals surface area contributed by atoms with Crippen molar-refractivity contribution in [3.05, 3.63) is 23.8 Å². The first-order valence-electron chi connectivity index (χ1n) is 5.67. The normalized spacial score (nSPS) is 18.2. The third-order valence-corrected chi connectivity index (χ3v) is 2.79. The summed E-state index contributed by atoms with van der Waals surface area (Å²) in [5.41, 5.74) is 12.0. The van der Waals surface area contributed by atoms with Gasteiger partial charge in [-0.3, -0.25) is 4.79 Å². The van der Waals surface area contributed by atoms with E-state index in [0.29, 0.717) is 24.4 Å². The SMILES string of the molecule is CC1Oc2ccc(CCN)cc2N(C(N)=O)C1=O. The number of fused-ring (bicyclic) bond motifs is 1. The predicted molar refractivity (Wildman–Crippen MR) is 66.4 cm³/mol. The van der Waals surface area contributed by atoms with E-state index in [9.17, 15) is 9.59 Å². The van der Waals surface area contributed by atoms with Crippen molar-refractivity contribution < 1.29 is 14.3 Å². The van der Waals surface area contributed by atoms with Crippen LogP contribution in [0.3, 0.4) is 0 Å². The molecular formula is C12H15N3O3. The van der Waals surface area contributed by atoms with Gasteiger partial charge in [0, 0.05) is 0 Å². The lowest BCUT2D eigenvalue weighted by Gasteiger charge is -2.30. The monoisotopic (exact) mass is 249 g/mol. The van der Waals surface area contributed by atoms with Crippen LogP contribution >= 0.6 is 0 Å². The molecule has 0 saturated carbocycles. The molecule has 1 aliphatic rings. The highest BCUT2D eigenvalue weighted by molar-refractivity contribution is 6.17. The maximum atomic E-state index is 11.9. The Kier molecular flexibility index (Phi) is 3.20. The van der Waals surface area contributed by atoms with Crippen LogP contribution in [0.4, 0.5) is 10.5 Å². The molecule has 1 atom stereocenters. The van der Waals surface area contributed by atoms with Gasteiger partial charge in [0.05, 0.1) is 5.69 Å². The number of anilines is 1. The molecule has 1 unspecified atom stereocenters. The number of carbonyl (C=O) groups is 2. The van der Waals surface area contributed by atoms with Gasteiger partial charge in [-0.1, -0.05) is 6.07 Å². The molecule has 96 valence electrons. The first-order chi connectivity index (χ1) is 8.54. The van der Waals surface area contributed by atoms with Gasteiger partial charge < -0.3 is 16.2 Å². The van der Waals surface area contributed by atoms with Gasteiger partial charge in [0.15, 0.2) is 6.10 Å². The molecule has 1 aliphatic heterocycles. The number of rotatable bonds is 2. The van der Waals surface area contributed by atoms with E-state index in [1.807, 2.05) is 6.07 Å². The summed E-state index contributed by atoms with van der Waals surface area (Å²) in [5.74, 6) is 0.0153. The number of hydrogen-bond donors (Lipinski definition) is 2. The molecule has 0 aliphatic carbocycles. The molecule has 2 rings (SSSR count). The van der Waals surface area contributed by atoms with E-state index in [2.05, 4.69) is 0 Å². The molecule has 4 N–H and O–H groups in total. The second-order valence-electron chi connectivity index (χ2n) is 4.11. The zero-order chi connectivity index (χ0) is 13.3. The highest BCUT2D eigenvalue weighted by atomic mass is 16.5. The Labute approximate surface area is 104 Å². The topological polar surface area (TPSA) is 98.7 Å². The minimum absolute atomic E-state index is 0.386. The summed E-state index contributed by atoms with van der Waals surface area (Å²) < 4.78 is 5.43. The van der Waals surface area contributed by atoms with Gasteiger partial charge in [-0.2, -0.15) is 0 Å². The number of nitrogens with two attached hydrogens (primary N) is 2. The minimum atomic E-state index is -0.804. The molecule has 0 fully saturated rings. The van der Waals surface area contributed by atoms with E-state index >= 15 is 0 Å². The van der Waals surface area contributed by atoms with E-state index in [-0.39, 0.29) is 0 Å². The molecule has 0 radical (unpaired) electrons. The average molecular weight is 249 g/mol. The summed E-state index contributed by atoms with van der Waals surface area (Å²) in [4.78, 5) is 24.2. The number of ether oxygens (including phenoxy) is 1. The van der Waals surface area contributed by atoms with Gasteiger partial charge in [0.1, 0.15) is 5.75 Å². The molecule has 1 aromatic rings. The van der Waals surface area contributed by atoms with E-state index in [1.165, 1.54) is 0 Å². The lowest BCUT2D eigenvalue weighted by Crippen LogP contribution is -2.50. The molecule has 3 amide bonds. The van der Waals surface area contributed by atoms with Gasteiger partial charge in [0.2, 0.25) is 0 Å². The molecule has 6 nitrogen and oxygen atoms in total. The van der Waals surface area contributed by atoms with Crippen molar-refractivity contribution in [3.8, 4) is 5.75 Å². The summed E-state index contributed by atoms with van der Waals surface area (Å²) in [5, 5.41) is 0. The Morgan fingerprint density at radius 2 is 2.22 bits per heavy atom. The molecular weight excluding hydrogens is 234 g/mol. The Hall–Kier alpha value is -2.08. The van der Waals surface area contributed by atoms with Crippen LogP contribution in [0, 0.1) is 0 Å². The van der Waals surface area contributed by atoms with Crippen molar-refractivity contribution in [1.29, 1.82) is 0 Å². The highest BCUT2D eigenvalue weighted by Gasteiger charge is 2.34. The Morgan fingerprint density at radius 3 is 2.83 bits per heavy atom. The molecule has 1 aromatic carbocycles. The number of benzene rings is 1. The molecule has 1 heterocycles. The van der Waals surface area contributed by atoms with Crippen LogP contribution in [-0.4, -0.2) is 24.6 Å². The number of carbonyl (C=O) groups excluding carboxylic acids is 2. The van der Waals surface area contributed by atoms with E-state index in [4.69, 9.17) is 16.2 Å². The van der Waals surface area contributed by atoms with Gasteiger partial charge in [-0.05, 0) is 37.6 Å². The first-order valence-corrected chi connectivity index (χ1v) is 5.67. The number of primary amides is 1.